The number of fused-ring (bicyclic) bond motifs is 1. The number of pyridine rings is 1. The third-order valence-corrected chi connectivity index (χ3v) is 2.63. The van der Waals surface area contributed by atoms with Gasteiger partial charge in [-0.15, -0.1) is 0 Å². The van der Waals surface area contributed by atoms with Gasteiger partial charge in [-0.2, -0.15) is 0 Å². The maximum atomic E-state index is 11.1. The van der Waals surface area contributed by atoms with Crippen LogP contribution in [0.25, 0.3) is 10.9 Å². The molecule has 0 aliphatic heterocycles. The number of aromatic nitrogens is 1. The number of benzene rings is 1. The van der Waals surface area contributed by atoms with Gasteiger partial charge in [0.05, 0.1) is 10.5 Å². The van der Waals surface area contributed by atoms with Gasteiger partial charge in [0.2, 0.25) is 5.91 Å². The lowest BCUT2D eigenvalue weighted by Crippen LogP contribution is -2.12. The number of primary amides is 1. The Morgan fingerprint density at radius 1 is 1.47 bits per heavy atom. The summed E-state index contributed by atoms with van der Waals surface area (Å²) in [5.41, 5.74) is 7.32. The van der Waals surface area contributed by atoms with Crippen LogP contribution in [0.4, 0.5) is 0 Å². The molecule has 1 aromatic heterocycles. The van der Waals surface area contributed by atoms with Crippen molar-refractivity contribution in [1.82, 2.24) is 4.98 Å². The molecule has 0 unspecified atom stereocenters. The Balaban J connectivity index is 2.83. The van der Waals surface area contributed by atoms with Gasteiger partial charge in [-0.1, -0.05) is 11.6 Å². The first-order chi connectivity index (χ1) is 7.09. The van der Waals surface area contributed by atoms with Crippen LogP contribution < -0.4 is 5.73 Å². The Kier molecular flexibility index (Phi) is 2.32. The number of hydrogen-bond acceptors (Lipinski definition) is 2. The first kappa shape index (κ1) is 9.93. The molecule has 1 amide bonds. The average Bonchev–Trinajstić information content (AvgIpc) is 2.16. The van der Waals surface area contributed by atoms with E-state index in [-0.39, 0.29) is 0 Å². The number of halogens is 1. The minimum Gasteiger partial charge on any atom is -0.366 e. The SMILES string of the molecule is Cc1cc2nccc(Cl)c2cc1C(N)=O. The van der Waals surface area contributed by atoms with Crippen LogP contribution in [0.3, 0.4) is 0 Å². The molecule has 15 heavy (non-hydrogen) atoms. The van der Waals surface area contributed by atoms with Gasteiger partial charge in [0.15, 0.2) is 0 Å². The monoisotopic (exact) mass is 220 g/mol. The summed E-state index contributed by atoms with van der Waals surface area (Å²) in [6, 6.07) is 5.17. The van der Waals surface area contributed by atoms with Crippen molar-refractivity contribution in [3.8, 4) is 0 Å². The fraction of sp³-hybridized carbons (Fsp3) is 0.0909. The zero-order valence-corrected chi connectivity index (χ0v) is 8.88. The predicted octanol–water partition coefficient (Wildman–Crippen LogP) is 2.30. The lowest BCUT2D eigenvalue weighted by Gasteiger charge is -2.05. The van der Waals surface area contributed by atoms with Gasteiger partial charge in [-0.05, 0) is 30.7 Å². The highest BCUT2D eigenvalue weighted by atomic mass is 35.5. The van der Waals surface area contributed by atoms with Gasteiger partial charge in [-0.3, -0.25) is 9.78 Å². The van der Waals surface area contributed by atoms with E-state index in [1.54, 1.807) is 24.4 Å². The van der Waals surface area contributed by atoms with Crippen LogP contribution in [-0.4, -0.2) is 10.9 Å². The molecule has 76 valence electrons. The third-order valence-electron chi connectivity index (χ3n) is 2.30. The number of nitrogens with zero attached hydrogens (tertiary/aromatic N) is 1. The Morgan fingerprint density at radius 2 is 2.20 bits per heavy atom. The molecule has 1 aromatic carbocycles. The summed E-state index contributed by atoms with van der Waals surface area (Å²) in [4.78, 5) is 15.3. The summed E-state index contributed by atoms with van der Waals surface area (Å²) in [5.74, 6) is -0.450. The summed E-state index contributed by atoms with van der Waals surface area (Å²) >= 11 is 5.99. The van der Waals surface area contributed by atoms with Crippen LogP contribution in [0.5, 0.6) is 0 Å². The van der Waals surface area contributed by atoms with E-state index < -0.39 is 5.91 Å². The van der Waals surface area contributed by atoms with Gasteiger partial charge < -0.3 is 5.73 Å². The van der Waals surface area contributed by atoms with E-state index in [4.69, 9.17) is 17.3 Å². The molecule has 2 aromatic rings. The standard InChI is InChI=1S/C11H9ClN2O/c1-6-4-10-8(5-7(6)11(13)15)9(12)2-3-14-10/h2-5H,1H3,(H2,13,15). The van der Waals surface area contributed by atoms with E-state index in [0.717, 1.165) is 16.5 Å². The second-order valence-electron chi connectivity index (χ2n) is 3.34. The topological polar surface area (TPSA) is 56.0 Å². The Labute approximate surface area is 91.9 Å². The maximum Gasteiger partial charge on any atom is 0.248 e. The van der Waals surface area contributed by atoms with E-state index in [1.807, 2.05) is 6.92 Å². The summed E-state index contributed by atoms with van der Waals surface area (Å²) in [5, 5.41) is 1.32. The zero-order chi connectivity index (χ0) is 11.0. The van der Waals surface area contributed by atoms with Crippen molar-refractivity contribution in [2.24, 2.45) is 5.73 Å². The average molecular weight is 221 g/mol. The molecule has 3 nitrogen and oxygen atoms in total. The predicted molar refractivity (Wildman–Crippen MR) is 60.0 cm³/mol. The number of amides is 1. The van der Waals surface area contributed by atoms with Crippen molar-refractivity contribution >= 4 is 28.4 Å². The number of nitrogens with two attached hydrogens (primary N) is 1. The summed E-state index contributed by atoms with van der Waals surface area (Å²) in [6.45, 7) is 1.82. The lowest BCUT2D eigenvalue weighted by atomic mass is 10.0. The van der Waals surface area contributed by atoms with Gasteiger partial charge in [0, 0.05) is 17.1 Å². The van der Waals surface area contributed by atoms with E-state index in [1.165, 1.54) is 0 Å². The first-order valence-electron chi connectivity index (χ1n) is 4.44. The summed E-state index contributed by atoms with van der Waals surface area (Å²) in [7, 11) is 0. The number of carbonyl (C=O) groups is 1. The third kappa shape index (κ3) is 1.66. The molecule has 0 spiro atoms. The van der Waals surface area contributed by atoms with Crippen LogP contribution in [0.15, 0.2) is 24.4 Å². The molecule has 0 bridgehead atoms. The second kappa shape index (κ2) is 3.51. The molecule has 1 heterocycles. The van der Waals surface area contributed by atoms with Gasteiger partial charge in [-0.25, -0.2) is 0 Å². The molecule has 2 N–H and O–H groups in total. The van der Waals surface area contributed by atoms with Crippen molar-refractivity contribution in [3.63, 3.8) is 0 Å². The molecule has 0 saturated carbocycles. The van der Waals surface area contributed by atoms with Crippen LogP contribution in [0, 0.1) is 6.92 Å². The number of aryl methyl sites for hydroxylation is 1. The summed E-state index contributed by atoms with van der Waals surface area (Å²) in [6.07, 6.45) is 1.63. The van der Waals surface area contributed by atoms with Crippen molar-refractivity contribution < 1.29 is 4.79 Å². The highest BCUT2D eigenvalue weighted by Gasteiger charge is 2.08. The molecule has 4 heteroatoms. The molecule has 0 fully saturated rings. The van der Waals surface area contributed by atoms with Crippen LogP contribution in [-0.2, 0) is 0 Å². The van der Waals surface area contributed by atoms with E-state index >= 15 is 0 Å². The minimum absolute atomic E-state index is 0.450. The van der Waals surface area contributed by atoms with Crippen molar-refractivity contribution in [2.45, 2.75) is 6.92 Å². The van der Waals surface area contributed by atoms with Crippen LogP contribution >= 0.6 is 11.6 Å². The molecule has 0 radical (unpaired) electrons. The van der Waals surface area contributed by atoms with E-state index in [2.05, 4.69) is 4.98 Å². The van der Waals surface area contributed by atoms with E-state index in [0.29, 0.717) is 10.6 Å². The number of carbonyl (C=O) groups excluding carboxylic acids is 1. The Bertz CT molecular complexity index is 552. The minimum atomic E-state index is -0.450. The molecule has 0 saturated heterocycles. The van der Waals surface area contributed by atoms with Crippen LogP contribution in [0.2, 0.25) is 5.02 Å². The highest BCUT2D eigenvalue weighted by Crippen LogP contribution is 2.24. The fourth-order valence-corrected chi connectivity index (χ4v) is 1.74. The maximum absolute atomic E-state index is 11.1. The van der Waals surface area contributed by atoms with Crippen LogP contribution in [0.1, 0.15) is 15.9 Å². The normalized spacial score (nSPS) is 10.5. The summed E-state index contributed by atoms with van der Waals surface area (Å²) < 4.78 is 0. The molecule has 2 rings (SSSR count). The molecular weight excluding hydrogens is 212 g/mol. The fourth-order valence-electron chi connectivity index (χ4n) is 1.53. The first-order valence-corrected chi connectivity index (χ1v) is 4.82. The molecular formula is C11H9ClN2O. The molecule has 0 aliphatic rings. The second-order valence-corrected chi connectivity index (χ2v) is 3.75. The smallest absolute Gasteiger partial charge is 0.248 e. The van der Waals surface area contributed by atoms with Crippen molar-refractivity contribution in [2.75, 3.05) is 0 Å². The number of rotatable bonds is 1. The van der Waals surface area contributed by atoms with E-state index in [9.17, 15) is 4.79 Å². The Morgan fingerprint density at radius 3 is 2.87 bits per heavy atom. The number of hydrogen-bond donors (Lipinski definition) is 1. The highest BCUT2D eigenvalue weighted by molar-refractivity contribution is 6.35. The van der Waals surface area contributed by atoms with Crippen molar-refractivity contribution in [3.05, 3.63) is 40.5 Å². The van der Waals surface area contributed by atoms with Gasteiger partial charge >= 0.3 is 0 Å². The molecule has 0 aliphatic carbocycles. The zero-order valence-electron chi connectivity index (χ0n) is 8.12. The van der Waals surface area contributed by atoms with Gasteiger partial charge in [0.25, 0.3) is 0 Å². The van der Waals surface area contributed by atoms with Gasteiger partial charge in [0.1, 0.15) is 0 Å². The molecule has 0 atom stereocenters. The lowest BCUT2D eigenvalue weighted by molar-refractivity contribution is 0.1000. The largest absolute Gasteiger partial charge is 0.366 e. The Hall–Kier alpha value is -1.61. The quantitative estimate of drug-likeness (QED) is 0.802. The van der Waals surface area contributed by atoms with Crippen molar-refractivity contribution in [1.29, 1.82) is 0 Å².